The molecule has 0 bridgehead atoms. The number of hydrogen-bond donors (Lipinski definition) is 1. The molecule has 0 unspecified atom stereocenters. The Balaban J connectivity index is 1.67. The van der Waals surface area contributed by atoms with Crippen LogP contribution in [0, 0.1) is 0 Å². The zero-order valence-corrected chi connectivity index (χ0v) is 14.9. The van der Waals surface area contributed by atoms with Gasteiger partial charge in [-0.2, -0.15) is 0 Å². The van der Waals surface area contributed by atoms with Crippen LogP contribution in [0.3, 0.4) is 0 Å². The van der Waals surface area contributed by atoms with Crippen molar-refractivity contribution in [1.82, 2.24) is 25.5 Å². The smallest absolute Gasteiger partial charge is 0.245 e. The Kier molecular flexibility index (Phi) is 5.58. The van der Waals surface area contributed by atoms with Gasteiger partial charge in [-0.25, -0.2) is 4.68 Å². The van der Waals surface area contributed by atoms with E-state index in [0.717, 1.165) is 16.8 Å². The van der Waals surface area contributed by atoms with Crippen molar-refractivity contribution in [3.63, 3.8) is 0 Å². The average molecular weight is 350 g/mol. The van der Waals surface area contributed by atoms with Crippen LogP contribution in [0.4, 0.5) is 5.69 Å². The highest BCUT2D eigenvalue weighted by Crippen LogP contribution is 2.15. The van der Waals surface area contributed by atoms with E-state index in [1.54, 1.807) is 0 Å². The molecular weight excluding hydrogens is 328 g/mol. The number of nitrogens with one attached hydrogen (secondary N) is 1. The van der Waals surface area contributed by atoms with Crippen molar-refractivity contribution in [2.75, 3.05) is 19.0 Å². The summed E-state index contributed by atoms with van der Waals surface area (Å²) in [5.74, 6) is -0.113. The van der Waals surface area contributed by atoms with Gasteiger partial charge in [0.1, 0.15) is 12.4 Å². The normalized spacial score (nSPS) is 11.8. The molecular formula is C19H22N6O. The highest BCUT2D eigenvalue weighted by Gasteiger charge is 2.22. The number of tetrazole rings is 1. The standard InChI is InChI=1S/C19H22N6O/c1-24(2)17-10-8-16(9-11-17)13-20-19(26)18(25-14-21-22-23-25)12-15-6-4-3-5-7-15/h3-11,14,18H,12-13H2,1-2H3,(H,20,26)/t18-/m1/s1. The first-order valence-electron chi connectivity index (χ1n) is 8.44. The van der Waals surface area contributed by atoms with E-state index in [1.807, 2.05) is 73.6 Å². The molecule has 0 spiro atoms. The van der Waals surface area contributed by atoms with Gasteiger partial charge in [0.2, 0.25) is 5.91 Å². The number of amides is 1. The van der Waals surface area contributed by atoms with Gasteiger partial charge in [0, 0.05) is 32.7 Å². The first-order chi connectivity index (χ1) is 12.6. The van der Waals surface area contributed by atoms with E-state index >= 15 is 0 Å². The molecule has 3 rings (SSSR count). The summed E-state index contributed by atoms with van der Waals surface area (Å²) in [6, 6.07) is 17.4. The number of aromatic nitrogens is 4. The Bertz CT molecular complexity index is 815. The van der Waals surface area contributed by atoms with Crippen molar-refractivity contribution >= 4 is 11.6 Å². The Morgan fingerprint density at radius 1 is 1.08 bits per heavy atom. The van der Waals surface area contributed by atoms with E-state index in [1.165, 1.54) is 11.0 Å². The predicted molar refractivity (Wildman–Crippen MR) is 99.6 cm³/mol. The van der Waals surface area contributed by atoms with E-state index in [-0.39, 0.29) is 5.91 Å². The van der Waals surface area contributed by atoms with Crippen LogP contribution in [0.15, 0.2) is 60.9 Å². The van der Waals surface area contributed by atoms with Gasteiger partial charge in [-0.3, -0.25) is 4.79 Å². The lowest BCUT2D eigenvalue weighted by atomic mass is 10.1. The maximum absolute atomic E-state index is 12.8. The van der Waals surface area contributed by atoms with Gasteiger partial charge in [-0.15, -0.1) is 5.10 Å². The van der Waals surface area contributed by atoms with Crippen LogP contribution < -0.4 is 10.2 Å². The zero-order chi connectivity index (χ0) is 18.4. The minimum Gasteiger partial charge on any atom is -0.378 e. The fourth-order valence-corrected chi connectivity index (χ4v) is 2.67. The molecule has 0 aliphatic rings. The van der Waals surface area contributed by atoms with Crippen LogP contribution in [-0.4, -0.2) is 40.2 Å². The van der Waals surface area contributed by atoms with E-state index in [2.05, 4.69) is 20.8 Å². The second-order valence-corrected chi connectivity index (χ2v) is 6.27. The molecule has 0 aliphatic carbocycles. The van der Waals surface area contributed by atoms with Crippen LogP contribution in [-0.2, 0) is 17.8 Å². The van der Waals surface area contributed by atoms with Crippen LogP contribution in [0.25, 0.3) is 0 Å². The molecule has 26 heavy (non-hydrogen) atoms. The van der Waals surface area contributed by atoms with E-state index in [9.17, 15) is 4.79 Å². The lowest BCUT2D eigenvalue weighted by molar-refractivity contribution is -0.124. The van der Waals surface area contributed by atoms with Crippen LogP contribution in [0.5, 0.6) is 0 Å². The van der Waals surface area contributed by atoms with Crippen LogP contribution in [0.1, 0.15) is 17.2 Å². The molecule has 0 fully saturated rings. The van der Waals surface area contributed by atoms with Gasteiger partial charge < -0.3 is 10.2 Å². The summed E-state index contributed by atoms with van der Waals surface area (Å²) in [5, 5.41) is 14.2. The molecule has 134 valence electrons. The minimum atomic E-state index is -0.492. The molecule has 0 saturated heterocycles. The quantitative estimate of drug-likeness (QED) is 0.704. The summed E-state index contributed by atoms with van der Waals surface area (Å²) in [6.45, 7) is 0.458. The van der Waals surface area contributed by atoms with Gasteiger partial charge in [-0.05, 0) is 33.7 Å². The SMILES string of the molecule is CN(C)c1ccc(CNC(=O)[C@@H](Cc2ccccc2)n2cnnn2)cc1. The summed E-state index contributed by atoms with van der Waals surface area (Å²) < 4.78 is 1.50. The summed E-state index contributed by atoms with van der Waals surface area (Å²) in [7, 11) is 3.99. The second kappa shape index (κ2) is 8.24. The number of nitrogens with zero attached hydrogens (tertiary/aromatic N) is 5. The number of carbonyl (C=O) groups is 1. The third-order valence-electron chi connectivity index (χ3n) is 4.18. The van der Waals surface area contributed by atoms with Crippen molar-refractivity contribution in [3.8, 4) is 0 Å². The molecule has 0 radical (unpaired) electrons. The molecule has 1 aromatic heterocycles. The summed E-state index contributed by atoms with van der Waals surface area (Å²) in [5.41, 5.74) is 3.22. The van der Waals surface area contributed by atoms with Gasteiger partial charge in [0.15, 0.2) is 0 Å². The van der Waals surface area contributed by atoms with Gasteiger partial charge in [0.25, 0.3) is 0 Å². The highest BCUT2D eigenvalue weighted by molar-refractivity contribution is 5.80. The van der Waals surface area contributed by atoms with E-state index in [4.69, 9.17) is 0 Å². The van der Waals surface area contributed by atoms with Crippen molar-refractivity contribution in [3.05, 3.63) is 72.1 Å². The number of anilines is 1. The largest absolute Gasteiger partial charge is 0.378 e. The molecule has 2 aromatic carbocycles. The molecule has 7 heteroatoms. The molecule has 1 N–H and O–H groups in total. The van der Waals surface area contributed by atoms with Gasteiger partial charge in [-0.1, -0.05) is 42.5 Å². The fraction of sp³-hybridized carbons (Fsp3) is 0.263. The lowest BCUT2D eigenvalue weighted by Gasteiger charge is -2.17. The topological polar surface area (TPSA) is 75.9 Å². The summed E-state index contributed by atoms with van der Waals surface area (Å²) in [4.78, 5) is 14.8. The number of carbonyl (C=O) groups excluding carboxylic acids is 1. The lowest BCUT2D eigenvalue weighted by Crippen LogP contribution is -2.34. The summed E-state index contributed by atoms with van der Waals surface area (Å²) in [6.07, 6.45) is 2.00. The first kappa shape index (κ1) is 17.6. The number of rotatable bonds is 7. The van der Waals surface area contributed by atoms with Crippen molar-refractivity contribution in [2.45, 2.75) is 19.0 Å². The Labute approximate surface area is 152 Å². The molecule has 0 aliphatic heterocycles. The fourth-order valence-electron chi connectivity index (χ4n) is 2.67. The third-order valence-corrected chi connectivity index (χ3v) is 4.18. The first-order valence-corrected chi connectivity index (χ1v) is 8.44. The predicted octanol–water partition coefficient (Wildman–Crippen LogP) is 1.84. The highest BCUT2D eigenvalue weighted by atomic mass is 16.2. The molecule has 7 nitrogen and oxygen atoms in total. The Morgan fingerprint density at radius 3 is 2.42 bits per heavy atom. The summed E-state index contributed by atoms with van der Waals surface area (Å²) >= 11 is 0. The van der Waals surface area contributed by atoms with Gasteiger partial charge in [0.05, 0.1) is 0 Å². The Hall–Kier alpha value is -3.22. The molecule has 1 atom stereocenters. The monoisotopic (exact) mass is 350 g/mol. The second-order valence-electron chi connectivity index (χ2n) is 6.27. The minimum absolute atomic E-state index is 0.113. The molecule has 3 aromatic rings. The van der Waals surface area contributed by atoms with Crippen LogP contribution >= 0.6 is 0 Å². The maximum Gasteiger partial charge on any atom is 0.245 e. The zero-order valence-electron chi connectivity index (χ0n) is 14.9. The van der Waals surface area contributed by atoms with Crippen molar-refractivity contribution < 1.29 is 4.79 Å². The van der Waals surface area contributed by atoms with Crippen molar-refractivity contribution in [2.24, 2.45) is 0 Å². The van der Waals surface area contributed by atoms with Gasteiger partial charge >= 0.3 is 0 Å². The molecule has 1 heterocycles. The average Bonchev–Trinajstić information content (AvgIpc) is 3.19. The van der Waals surface area contributed by atoms with Crippen molar-refractivity contribution in [1.29, 1.82) is 0 Å². The molecule has 1 amide bonds. The third kappa shape index (κ3) is 4.44. The van der Waals surface area contributed by atoms with Crippen LogP contribution in [0.2, 0.25) is 0 Å². The number of benzene rings is 2. The number of hydrogen-bond acceptors (Lipinski definition) is 5. The van der Waals surface area contributed by atoms with E-state index < -0.39 is 6.04 Å². The van der Waals surface area contributed by atoms with E-state index in [0.29, 0.717) is 13.0 Å². The maximum atomic E-state index is 12.8. The molecule has 0 saturated carbocycles. The Morgan fingerprint density at radius 2 is 1.81 bits per heavy atom.